The smallest absolute Gasteiger partial charge is 0.338 e. The Hall–Kier alpha value is -1.75. The van der Waals surface area contributed by atoms with E-state index < -0.39 is 0 Å². The zero-order valence-corrected chi connectivity index (χ0v) is 11.1. The Labute approximate surface area is 112 Å². The van der Waals surface area contributed by atoms with Crippen molar-refractivity contribution in [1.29, 1.82) is 0 Å². The number of anilines is 1. The van der Waals surface area contributed by atoms with Crippen molar-refractivity contribution in [2.24, 2.45) is 5.92 Å². The van der Waals surface area contributed by atoms with Crippen molar-refractivity contribution in [3.63, 3.8) is 0 Å². The summed E-state index contributed by atoms with van der Waals surface area (Å²) in [5.41, 5.74) is 6.64. The first kappa shape index (κ1) is 13.7. The second-order valence-corrected chi connectivity index (χ2v) is 4.61. The van der Waals surface area contributed by atoms with E-state index in [1.807, 2.05) is 0 Å². The van der Waals surface area contributed by atoms with Crippen LogP contribution < -0.4 is 10.5 Å². The molecule has 2 rings (SSSR count). The minimum absolute atomic E-state index is 0.346. The molecule has 0 unspecified atom stereocenters. The Morgan fingerprint density at radius 2 is 2.16 bits per heavy atom. The summed E-state index contributed by atoms with van der Waals surface area (Å²) in [6, 6.07) is 4.90. The number of carbonyl (C=O) groups excluding carboxylic acids is 1. The maximum atomic E-state index is 11.9. The molecule has 0 saturated carbocycles. The van der Waals surface area contributed by atoms with E-state index in [4.69, 9.17) is 19.9 Å². The molecular formula is C14H19NO4. The van der Waals surface area contributed by atoms with Gasteiger partial charge >= 0.3 is 5.97 Å². The standard InChI is InChI=1S/C14H19NO4/c1-17-13-3-2-11(8-12(13)15)14(16)19-9-10-4-6-18-7-5-10/h2-3,8,10H,4-7,9,15H2,1H3. The third-order valence-electron chi connectivity index (χ3n) is 3.26. The van der Waals surface area contributed by atoms with Crippen molar-refractivity contribution in [2.45, 2.75) is 12.8 Å². The Bertz CT molecular complexity index is 441. The second-order valence-electron chi connectivity index (χ2n) is 4.61. The predicted molar refractivity (Wildman–Crippen MR) is 71.2 cm³/mol. The van der Waals surface area contributed by atoms with Crippen LogP contribution in [0.25, 0.3) is 0 Å². The summed E-state index contributed by atoms with van der Waals surface area (Å²) in [6.07, 6.45) is 1.88. The first-order chi connectivity index (χ1) is 9.20. The molecule has 0 atom stereocenters. The van der Waals surface area contributed by atoms with E-state index in [1.165, 1.54) is 7.11 Å². The van der Waals surface area contributed by atoms with Crippen LogP contribution in [-0.4, -0.2) is 32.9 Å². The van der Waals surface area contributed by atoms with Crippen LogP contribution in [0, 0.1) is 5.92 Å². The second kappa shape index (κ2) is 6.43. The molecule has 1 heterocycles. The Morgan fingerprint density at radius 3 is 2.79 bits per heavy atom. The SMILES string of the molecule is COc1ccc(C(=O)OCC2CCOCC2)cc1N. The number of nitrogens with two attached hydrogens (primary N) is 1. The molecule has 0 aliphatic carbocycles. The number of nitrogen functional groups attached to an aromatic ring is 1. The van der Waals surface area contributed by atoms with Crippen LogP contribution in [0.2, 0.25) is 0 Å². The third kappa shape index (κ3) is 3.61. The van der Waals surface area contributed by atoms with Crippen LogP contribution in [0.3, 0.4) is 0 Å². The third-order valence-corrected chi connectivity index (χ3v) is 3.26. The van der Waals surface area contributed by atoms with Crippen LogP contribution in [0.1, 0.15) is 23.2 Å². The van der Waals surface area contributed by atoms with Gasteiger partial charge in [-0.3, -0.25) is 0 Å². The molecule has 2 N–H and O–H groups in total. The first-order valence-electron chi connectivity index (χ1n) is 6.39. The molecule has 0 aromatic heterocycles. The Balaban J connectivity index is 1.90. The van der Waals surface area contributed by atoms with Crippen LogP contribution in [0.4, 0.5) is 5.69 Å². The lowest BCUT2D eigenvalue weighted by Crippen LogP contribution is -2.22. The molecule has 5 nitrogen and oxygen atoms in total. The number of carbonyl (C=O) groups is 1. The molecule has 104 valence electrons. The maximum Gasteiger partial charge on any atom is 0.338 e. The fraction of sp³-hybridized carbons (Fsp3) is 0.500. The molecular weight excluding hydrogens is 246 g/mol. The van der Waals surface area contributed by atoms with Crippen molar-refractivity contribution in [2.75, 3.05) is 32.7 Å². The van der Waals surface area contributed by atoms with Gasteiger partial charge in [-0.1, -0.05) is 0 Å². The van der Waals surface area contributed by atoms with Gasteiger partial charge < -0.3 is 19.9 Å². The summed E-state index contributed by atoms with van der Waals surface area (Å²) < 4.78 is 15.6. The highest BCUT2D eigenvalue weighted by molar-refractivity contribution is 5.91. The highest BCUT2D eigenvalue weighted by Crippen LogP contribution is 2.22. The number of benzene rings is 1. The molecule has 0 amide bonds. The van der Waals surface area contributed by atoms with E-state index in [0.29, 0.717) is 29.5 Å². The van der Waals surface area contributed by atoms with Crippen LogP contribution >= 0.6 is 0 Å². The monoisotopic (exact) mass is 265 g/mol. The molecule has 0 bridgehead atoms. The van der Waals surface area contributed by atoms with Crippen molar-refractivity contribution in [1.82, 2.24) is 0 Å². The number of ether oxygens (including phenoxy) is 3. The van der Waals surface area contributed by atoms with Gasteiger partial charge in [0.15, 0.2) is 0 Å². The zero-order chi connectivity index (χ0) is 13.7. The summed E-state index contributed by atoms with van der Waals surface area (Å²) in [6.45, 7) is 1.93. The van der Waals surface area contributed by atoms with Crippen LogP contribution in [0.5, 0.6) is 5.75 Å². The van der Waals surface area contributed by atoms with Gasteiger partial charge in [-0.2, -0.15) is 0 Å². The average molecular weight is 265 g/mol. The highest BCUT2D eigenvalue weighted by Gasteiger charge is 2.17. The Morgan fingerprint density at radius 1 is 1.42 bits per heavy atom. The van der Waals surface area contributed by atoms with Gasteiger partial charge in [0, 0.05) is 13.2 Å². The van der Waals surface area contributed by atoms with Gasteiger partial charge in [0.1, 0.15) is 5.75 Å². The fourth-order valence-electron chi connectivity index (χ4n) is 2.05. The number of hydrogen-bond donors (Lipinski definition) is 1. The summed E-state index contributed by atoms with van der Waals surface area (Å²) >= 11 is 0. The Kier molecular flexibility index (Phi) is 4.63. The van der Waals surface area contributed by atoms with E-state index in [-0.39, 0.29) is 5.97 Å². The molecule has 0 radical (unpaired) electrons. The van der Waals surface area contributed by atoms with Gasteiger partial charge in [0.25, 0.3) is 0 Å². The minimum atomic E-state index is -0.346. The van der Waals surface area contributed by atoms with Crippen molar-refractivity contribution < 1.29 is 19.0 Å². The normalized spacial score (nSPS) is 16.1. The summed E-state index contributed by atoms with van der Waals surface area (Å²) in [5, 5.41) is 0. The van der Waals surface area contributed by atoms with E-state index in [9.17, 15) is 4.79 Å². The molecule has 1 fully saturated rings. The van der Waals surface area contributed by atoms with Crippen LogP contribution in [0.15, 0.2) is 18.2 Å². The molecule has 1 aliphatic heterocycles. The van der Waals surface area contributed by atoms with Gasteiger partial charge in [0.2, 0.25) is 0 Å². The molecule has 19 heavy (non-hydrogen) atoms. The van der Waals surface area contributed by atoms with E-state index in [2.05, 4.69) is 0 Å². The average Bonchev–Trinajstić information content (AvgIpc) is 2.45. The van der Waals surface area contributed by atoms with Gasteiger partial charge in [-0.05, 0) is 37.0 Å². The minimum Gasteiger partial charge on any atom is -0.495 e. The molecule has 1 aromatic carbocycles. The quantitative estimate of drug-likeness (QED) is 0.664. The molecule has 1 aromatic rings. The van der Waals surface area contributed by atoms with E-state index in [1.54, 1.807) is 18.2 Å². The summed E-state index contributed by atoms with van der Waals surface area (Å²) in [4.78, 5) is 11.9. The summed E-state index contributed by atoms with van der Waals surface area (Å²) in [7, 11) is 1.54. The lowest BCUT2D eigenvalue weighted by atomic mass is 10.0. The molecule has 0 spiro atoms. The fourth-order valence-corrected chi connectivity index (χ4v) is 2.05. The van der Waals surface area contributed by atoms with Crippen LogP contribution in [-0.2, 0) is 9.47 Å². The largest absolute Gasteiger partial charge is 0.495 e. The van der Waals surface area contributed by atoms with Gasteiger partial charge in [-0.15, -0.1) is 0 Å². The van der Waals surface area contributed by atoms with Crippen molar-refractivity contribution >= 4 is 11.7 Å². The molecule has 1 aliphatic rings. The molecule has 1 saturated heterocycles. The lowest BCUT2D eigenvalue weighted by molar-refractivity contribution is 0.0185. The van der Waals surface area contributed by atoms with Crippen molar-refractivity contribution in [3.05, 3.63) is 23.8 Å². The maximum absolute atomic E-state index is 11.9. The lowest BCUT2D eigenvalue weighted by Gasteiger charge is -2.21. The highest BCUT2D eigenvalue weighted by atomic mass is 16.5. The number of hydrogen-bond acceptors (Lipinski definition) is 5. The van der Waals surface area contributed by atoms with Crippen molar-refractivity contribution in [3.8, 4) is 5.75 Å². The zero-order valence-electron chi connectivity index (χ0n) is 11.1. The molecule has 5 heteroatoms. The first-order valence-corrected chi connectivity index (χ1v) is 6.39. The predicted octanol–water partition coefficient (Wildman–Crippen LogP) is 1.86. The number of methoxy groups -OCH3 is 1. The topological polar surface area (TPSA) is 70.8 Å². The van der Waals surface area contributed by atoms with Gasteiger partial charge in [0.05, 0.1) is 25.0 Å². The summed E-state index contributed by atoms with van der Waals surface area (Å²) in [5.74, 6) is 0.607. The van der Waals surface area contributed by atoms with E-state index in [0.717, 1.165) is 26.1 Å². The number of rotatable bonds is 4. The van der Waals surface area contributed by atoms with E-state index >= 15 is 0 Å². The number of esters is 1. The van der Waals surface area contributed by atoms with Gasteiger partial charge in [-0.25, -0.2) is 4.79 Å².